The maximum Gasteiger partial charge on any atom is 0.264 e. The number of likely N-dealkylation sites (tertiary alicyclic amines) is 1. The van der Waals surface area contributed by atoms with E-state index in [1.165, 1.54) is 0 Å². The number of amides is 1. The predicted octanol–water partition coefficient (Wildman–Crippen LogP) is 3.70. The third kappa shape index (κ3) is 3.49. The maximum atomic E-state index is 12.8. The average molecular weight is 350 g/mol. The van der Waals surface area contributed by atoms with Crippen LogP contribution in [0, 0.1) is 12.8 Å². The van der Waals surface area contributed by atoms with Gasteiger partial charge < -0.3 is 9.64 Å². The number of fused-ring (bicyclic) bond motifs is 1. The Hall–Kier alpha value is -1.40. The van der Waals surface area contributed by atoms with Crippen LogP contribution >= 0.6 is 11.3 Å². The normalized spacial score (nSPS) is 16.5. The number of carbonyl (C=O) groups is 1. The Morgan fingerprint density at radius 1 is 1.42 bits per heavy atom. The second-order valence-corrected chi connectivity index (χ2v) is 7.97. The number of piperidine rings is 1. The molecule has 1 saturated heterocycles. The number of nitrogens with zero attached hydrogens (tertiary/aromatic N) is 3. The molecule has 3 heterocycles. The van der Waals surface area contributed by atoms with E-state index in [2.05, 4.69) is 23.6 Å². The third-order valence-electron chi connectivity index (χ3n) is 4.49. The molecule has 0 bridgehead atoms. The van der Waals surface area contributed by atoms with Gasteiger partial charge in [0.1, 0.15) is 4.83 Å². The van der Waals surface area contributed by atoms with Crippen LogP contribution in [0.4, 0.5) is 0 Å². The van der Waals surface area contributed by atoms with E-state index in [9.17, 15) is 4.79 Å². The minimum Gasteiger partial charge on any atom is -0.378 e. The number of hydrogen-bond donors (Lipinski definition) is 0. The molecule has 5 nitrogen and oxygen atoms in total. The number of ether oxygens (including phenoxy) is 1. The summed E-state index contributed by atoms with van der Waals surface area (Å²) in [6.07, 6.45) is 2.18. The van der Waals surface area contributed by atoms with Crippen molar-refractivity contribution >= 4 is 27.5 Å². The molecule has 1 amide bonds. The lowest BCUT2D eigenvalue weighted by molar-refractivity contribution is 0.0147. The quantitative estimate of drug-likeness (QED) is 0.827. The van der Waals surface area contributed by atoms with Crippen LogP contribution in [0.15, 0.2) is 6.07 Å². The highest BCUT2D eigenvalue weighted by molar-refractivity contribution is 7.20. The molecule has 2 aromatic rings. The lowest BCUT2D eigenvalue weighted by Gasteiger charge is -2.31. The van der Waals surface area contributed by atoms with Crippen molar-refractivity contribution in [3.63, 3.8) is 0 Å². The third-order valence-corrected chi connectivity index (χ3v) is 5.62. The molecule has 1 aliphatic heterocycles. The zero-order valence-corrected chi connectivity index (χ0v) is 15.9. The molecule has 0 atom stereocenters. The summed E-state index contributed by atoms with van der Waals surface area (Å²) in [5.41, 5.74) is 1.01. The van der Waals surface area contributed by atoms with Crippen molar-refractivity contribution < 1.29 is 9.53 Å². The molecule has 0 aliphatic carbocycles. The van der Waals surface area contributed by atoms with Crippen LogP contribution in [0.2, 0.25) is 0 Å². The van der Waals surface area contributed by atoms with Crippen LogP contribution in [0.5, 0.6) is 0 Å². The Kier molecular flexibility index (Phi) is 5.25. The molecule has 0 N–H and O–H groups in total. The Balaban J connectivity index is 1.76. The Bertz CT molecular complexity index is 711. The molecule has 6 heteroatoms. The van der Waals surface area contributed by atoms with E-state index < -0.39 is 0 Å². The van der Waals surface area contributed by atoms with Gasteiger partial charge in [-0.3, -0.25) is 9.48 Å². The van der Waals surface area contributed by atoms with E-state index in [0.29, 0.717) is 12.0 Å². The maximum absolute atomic E-state index is 12.8. The van der Waals surface area contributed by atoms with Gasteiger partial charge in [0.2, 0.25) is 0 Å². The Morgan fingerprint density at radius 3 is 2.75 bits per heavy atom. The molecular formula is C18H27N3O2S. The molecule has 1 aliphatic rings. The highest BCUT2D eigenvalue weighted by atomic mass is 32.1. The minimum absolute atomic E-state index is 0.154. The summed E-state index contributed by atoms with van der Waals surface area (Å²) in [5, 5.41) is 5.74. The van der Waals surface area contributed by atoms with E-state index in [-0.39, 0.29) is 5.91 Å². The van der Waals surface area contributed by atoms with E-state index in [0.717, 1.165) is 59.9 Å². The molecule has 0 saturated carbocycles. The summed E-state index contributed by atoms with van der Waals surface area (Å²) in [5.74, 6) is 0.688. The highest BCUT2D eigenvalue weighted by Crippen LogP contribution is 2.30. The Morgan fingerprint density at radius 2 is 2.12 bits per heavy atom. The van der Waals surface area contributed by atoms with E-state index in [4.69, 9.17) is 4.74 Å². The predicted molar refractivity (Wildman–Crippen MR) is 97.7 cm³/mol. The largest absolute Gasteiger partial charge is 0.378 e. The lowest BCUT2D eigenvalue weighted by atomic mass is 10.1. The average Bonchev–Trinajstić information content (AvgIpc) is 3.09. The highest BCUT2D eigenvalue weighted by Gasteiger charge is 2.26. The number of aryl methyl sites for hydroxylation is 1. The summed E-state index contributed by atoms with van der Waals surface area (Å²) in [7, 11) is 0. The van der Waals surface area contributed by atoms with Gasteiger partial charge >= 0.3 is 0 Å². The van der Waals surface area contributed by atoms with Crippen molar-refractivity contribution in [3.05, 3.63) is 16.6 Å². The second-order valence-electron chi connectivity index (χ2n) is 6.94. The van der Waals surface area contributed by atoms with E-state index in [1.54, 1.807) is 11.3 Å². The lowest BCUT2D eigenvalue weighted by Crippen LogP contribution is -2.40. The van der Waals surface area contributed by atoms with E-state index in [1.807, 2.05) is 24.8 Å². The summed E-state index contributed by atoms with van der Waals surface area (Å²) in [4.78, 5) is 16.8. The molecule has 3 rings (SSSR count). The zero-order chi connectivity index (χ0) is 17.3. The molecule has 0 radical (unpaired) electrons. The van der Waals surface area contributed by atoms with Gasteiger partial charge in [0.25, 0.3) is 5.91 Å². The molecule has 0 spiro atoms. The van der Waals surface area contributed by atoms with Gasteiger partial charge in [0.15, 0.2) is 0 Å². The number of hydrogen-bond acceptors (Lipinski definition) is 4. The Labute approximate surface area is 147 Å². The van der Waals surface area contributed by atoms with Gasteiger partial charge in [0, 0.05) is 31.6 Å². The van der Waals surface area contributed by atoms with Crippen molar-refractivity contribution in [1.29, 1.82) is 0 Å². The molecule has 0 aromatic carbocycles. The first-order valence-electron chi connectivity index (χ1n) is 8.87. The molecule has 132 valence electrons. The fraction of sp³-hybridized carbons (Fsp3) is 0.667. The first-order valence-corrected chi connectivity index (χ1v) is 9.69. The molecule has 1 fully saturated rings. The van der Waals surface area contributed by atoms with Gasteiger partial charge in [-0.2, -0.15) is 5.10 Å². The number of aromatic nitrogens is 2. The monoisotopic (exact) mass is 349 g/mol. The van der Waals surface area contributed by atoms with Crippen LogP contribution < -0.4 is 0 Å². The summed E-state index contributed by atoms with van der Waals surface area (Å²) in [6, 6.07) is 2.02. The van der Waals surface area contributed by atoms with Crippen molar-refractivity contribution in [1.82, 2.24) is 14.7 Å². The second kappa shape index (κ2) is 7.23. The first kappa shape index (κ1) is 17.4. The van der Waals surface area contributed by atoms with Crippen LogP contribution in [0.3, 0.4) is 0 Å². The van der Waals surface area contributed by atoms with Gasteiger partial charge in [-0.05, 0) is 38.7 Å². The number of rotatable bonds is 5. The molecule has 24 heavy (non-hydrogen) atoms. The van der Waals surface area contributed by atoms with Gasteiger partial charge in [-0.25, -0.2) is 0 Å². The minimum atomic E-state index is 0.154. The van der Waals surface area contributed by atoms with Crippen molar-refractivity contribution in [2.45, 2.75) is 53.2 Å². The van der Waals surface area contributed by atoms with Gasteiger partial charge in [-0.15, -0.1) is 11.3 Å². The summed E-state index contributed by atoms with van der Waals surface area (Å²) >= 11 is 1.58. The fourth-order valence-electron chi connectivity index (χ4n) is 3.30. The summed E-state index contributed by atoms with van der Waals surface area (Å²) < 4.78 is 7.73. The van der Waals surface area contributed by atoms with Crippen LogP contribution in [0.25, 0.3) is 10.2 Å². The number of carbonyl (C=O) groups excluding carboxylic acids is 1. The van der Waals surface area contributed by atoms with E-state index >= 15 is 0 Å². The van der Waals surface area contributed by atoms with Crippen molar-refractivity contribution in [2.75, 3.05) is 19.7 Å². The van der Waals surface area contributed by atoms with Crippen LogP contribution in [-0.4, -0.2) is 46.4 Å². The van der Waals surface area contributed by atoms with Gasteiger partial charge in [0.05, 0.1) is 16.7 Å². The standard InChI is InChI=1S/C18H27N3O2S/c1-5-23-14-6-8-20(9-7-14)17(22)16-10-15-13(4)19-21(11-12(2)3)18(15)24-16/h10,12,14H,5-9,11H2,1-4H3. The fourth-order valence-corrected chi connectivity index (χ4v) is 4.44. The molecule has 2 aromatic heterocycles. The number of thiophene rings is 1. The smallest absolute Gasteiger partial charge is 0.264 e. The van der Waals surface area contributed by atoms with Gasteiger partial charge in [-0.1, -0.05) is 13.8 Å². The van der Waals surface area contributed by atoms with Crippen LogP contribution in [0.1, 0.15) is 49.0 Å². The summed E-state index contributed by atoms with van der Waals surface area (Å²) in [6.45, 7) is 11.6. The topological polar surface area (TPSA) is 47.4 Å². The molecular weight excluding hydrogens is 322 g/mol. The van der Waals surface area contributed by atoms with Crippen LogP contribution in [-0.2, 0) is 11.3 Å². The zero-order valence-electron chi connectivity index (χ0n) is 15.0. The SMILES string of the molecule is CCOC1CCN(C(=O)c2cc3c(C)nn(CC(C)C)c3s2)CC1. The first-order chi connectivity index (χ1) is 11.5. The molecule has 0 unspecified atom stereocenters. The van der Waals surface area contributed by atoms with Crippen molar-refractivity contribution in [2.24, 2.45) is 5.92 Å². The van der Waals surface area contributed by atoms with Crippen molar-refractivity contribution in [3.8, 4) is 0 Å².